The third-order valence-electron chi connectivity index (χ3n) is 5.68. The Morgan fingerprint density at radius 3 is 2.64 bits per heavy atom. The van der Waals surface area contributed by atoms with Gasteiger partial charge in [0.15, 0.2) is 10.8 Å². The topological polar surface area (TPSA) is 96.4 Å². The summed E-state index contributed by atoms with van der Waals surface area (Å²) in [5.74, 6) is -0.289. The zero-order valence-corrected chi connectivity index (χ0v) is 17.0. The fourth-order valence-corrected chi connectivity index (χ4v) is 5.71. The van der Waals surface area contributed by atoms with Crippen molar-refractivity contribution in [2.24, 2.45) is 5.92 Å². The molecule has 3 rings (SSSR count). The van der Waals surface area contributed by atoms with Gasteiger partial charge in [-0.15, -0.1) is 0 Å². The first-order chi connectivity index (χ1) is 13.5. The lowest BCUT2D eigenvalue weighted by atomic mass is 9.86. The number of hydrogen-bond acceptors (Lipinski definition) is 6. The molecule has 0 radical (unpaired) electrons. The summed E-state index contributed by atoms with van der Waals surface area (Å²) in [7, 11) is -4.18. The molecule has 2 heterocycles. The van der Waals surface area contributed by atoms with E-state index in [2.05, 4.69) is 10.3 Å². The largest absolute Gasteiger partial charge is 0.310 e. The zero-order valence-electron chi connectivity index (χ0n) is 16.2. The normalized spacial score (nSPS) is 21.9. The molecule has 1 saturated carbocycles. The molecule has 1 atom stereocenters. The number of pyridine rings is 1. The van der Waals surface area contributed by atoms with Crippen molar-refractivity contribution in [3.63, 3.8) is 0 Å². The standard InChI is InChI=1S/C20H29N3O4S/c24-18-15-21-13-6-9-17(18)23(28(26,27)19-10-4-5-14-22-19)20(25)12-11-16-7-2-1-3-8-16/h4-5,10,14,16-17,21H,1-3,6-9,11-13,15H2/t17-/m0/s1. The number of hydrogen-bond donors (Lipinski definition) is 1. The molecule has 2 aliphatic rings. The predicted octanol–water partition coefficient (Wildman–Crippen LogP) is 2.28. The highest BCUT2D eigenvalue weighted by Crippen LogP contribution is 2.29. The van der Waals surface area contributed by atoms with Gasteiger partial charge in [0, 0.05) is 12.6 Å². The molecule has 0 bridgehead atoms. The predicted molar refractivity (Wildman–Crippen MR) is 105 cm³/mol. The Hall–Kier alpha value is -1.80. The number of rotatable bonds is 6. The second kappa shape index (κ2) is 9.60. The molecule has 1 aliphatic heterocycles. The van der Waals surface area contributed by atoms with Crippen LogP contribution in [-0.2, 0) is 19.6 Å². The Bertz CT molecular complexity index is 776. The first-order valence-electron chi connectivity index (χ1n) is 10.2. The van der Waals surface area contributed by atoms with Crippen LogP contribution in [0.3, 0.4) is 0 Å². The van der Waals surface area contributed by atoms with Gasteiger partial charge in [0.05, 0.1) is 6.54 Å². The first kappa shape index (κ1) is 20.9. The lowest BCUT2D eigenvalue weighted by Crippen LogP contribution is -2.49. The Morgan fingerprint density at radius 2 is 1.93 bits per heavy atom. The second-order valence-electron chi connectivity index (χ2n) is 7.71. The van der Waals surface area contributed by atoms with Gasteiger partial charge < -0.3 is 5.32 Å². The van der Waals surface area contributed by atoms with E-state index >= 15 is 0 Å². The molecule has 1 amide bonds. The van der Waals surface area contributed by atoms with Crippen LogP contribution in [-0.4, -0.2) is 48.5 Å². The Kier molecular flexibility index (Phi) is 7.18. The molecule has 154 valence electrons. The third kappa shape index (κ3) is 4.97. The molecular formula is C20H29N3O4S. The van der Waals surface area contributed by atoms with Gasteiger partial charge in [-0.2, -0.15) is 8.42 Å². The van der Waals surface area contributed by atoms with Crippen molar-refractivity contribution in [1.82, 2.24) is 14.6 Å². The summed E-state index contributed by atoms with van der Waals surface area (Å²) in [5, 5.41) is 2.81. The summed E-state index contributed by atoms with van der Waals surface area (Å²) < 4.78 is 27.3. The molecule has 7 nitrogen and oxygen atoms in total. The van der Waals surface area contributed by atoms with Crippen LogP contribution in [0.15, 0.2) is 29.4 Å². The molecule has 2 fully saturated rings. The van der Waals surface area contributed by atoms with Crippen LogP contribution in [0.4, 0.5) is 0 Å². The lowest BCUT2D eigenvalue weighted by Gasteiger charge is -2.30. The average Bonchev–Trinajstić information content (AvgIpc) is 2.92. The molecule has 1 aliphatic carbocycles. The molecule has 1 saturated heterocycles. The molecule has 0 unspecified atom stereocenters. The van der Waals surface area contributed by atoms with E-state index in [0.717, 1.165) is 17.1 Å². The number of nitrogens with one attached hydrogen (secondary N) is 1. The number of Topliss-reactive ketones (excluding diaryl/α,β-unsaturated/α-hetero) is 1. The van der Waals surface area contributed by atoms with Crippen LogP contribution in [0.1, 0.15) is 57.8 Å². The molecule has 28 heavy (non-hydrogen) atoms. The maximum Gasteiger partial charge on any atom is 0.284 e. The van der Waals surface area contributed by atoms with Crippen molar-refractivity contribution >= 4 is 21.7 Å². The number of carbonyl (C=O) groups is 2. The van der Waals surface area contributed by atoms with E-state index in [1.807, 2.05) is 0 Å². The summed E-state index contributed by atoms with van der Waals surface area (Å²) in [4.78, 5) is 29.7. The SMILES string of the molecule is O=C1CNCCC[C@@H]1N(C(=O)CCC1CCCCC1)S(=O)(=O)c1ccccn1. The van der Waals surface area contributed by atoms with E-state index in [9.17, 15) is 18.0 Å². The van der Waals surface area contributed by atoms with E-state index in [1.165, 1.54) is 31.5 Å². The van der Waals surface area contributed by atoms with Crippen molar-refractivity contribution in [3.8, 4) is 0 Å². The van der Waals surface area contributed by atoms with Crippen LogP contribution >= 0.6 is 0 Å². The summed E-state index contributed by atoms with van der Waals surface area (Å²) in [5.41, 5.74) is 0. The summed E-state index contributed by atoms with van der Waals surface area (Å²) in [6.45, 7) is 0.713. The summed E-state index contributed by atoms with van der Waals surface area (Å²) in [6, 6.07) is 3.60. The fourth-order valence-electron chi connectivity index (χ4n) is 4.15. The number of amides is 1. The number of nitrogens with zero attached hydrogens (tertiary/aromatic N) is 2. The lowest BCUT2D eigenvalue weighted by molar-refractivity contribution is -0.134. The van der Waals surface area contributed by atoms with Gasteiger partial charge in [0.25, 0.3) is 10.0 Å². The molecular weight excluding hydrogens is 378 g/mol. The van der Waals surface area contributed by atoms with E-state index in [1.54, 1.807) is 12.1 Å². The number of carbonyl (C=O) groups excluding carboxylic acids is 2. The van der Waals surface area contributed by atoms with E-state index < -0.39 is 22.0 Å². The maximum atomic E-state index is 13.3. The quantitative estimate of drug-likeness (QED) is 0.777. The smallest absolute Gasteiger partial charge is 0.284 e. The van der Waals surface area contributed by atoms with Gasteiger partial charge in [-0.25, -0.2) is 9.29 Å². The van der Waals surface area contributed by atoms with Crippen molar-refractivity contribution in [2.45, 2.75) is 68.9 Å². The second-order valence-corrected chi connectivity index (χ2v) is 9.47. The Balaban J connectivity index is 1.85. The van der Waals surface area contributed by atoms with Crippen LogP contribution in [0.2, 0.25) is 0 Å². The highest BCUT2D eigenvalue weighted by Gasteiger charge is 2.40. The molecule has 8 heteroatoms. The van der Waals surface area contributed by atoms with Gasteiger partial charge in [-0.1, -0.05) is 38.2 Å². The molecule has 0 aromatic carbocycles. The Morgan fingerprint density at radius 1 is 1.14 bits per heavy atom. The molecule has 1 aromatic rings. The maximum absolute atomic E-state index is 13.3. The molecule has 1 aromatic heterocycles. The molecule has 0 spiro atoms. The van der Waals surface area contributed by atoms with Crippen molar-refractivity contribution in [1.29, 1.82) is 0 Å². The minimum atomic E-state index is -4.18. The summed E-state index contributed by atoms with van der Waals surface area (Å²) in [6.07, 6.45) is 8.93. The Labute approximate surface area is 167 Å². The van der Waals surface area contributed by atoms with Crippen LogP contribution in [0.25, 0.3) is 0 Å². The van der Waals surface area contributed by atoms with Crippen molar-refractivity contribution in [2.75, 3.05) is 13.1 Å². The minimum Gasteiger partial charge on any atom is -0.310 e. The van der Waals surface area contributed by atoms with Gasteiger partial charge in [-0.05, 0) is 43.9 Å². The van der Waals surface area contributed by atoms with E-state index in [-0.39, 0.29) is 23.8 Å². The monoisotopic (exact) mass is 407 g/mol. The van der Waals surface area contributed by atoms with Crippen LogP contribution in [0.5, 0.6) is 0 Å². The van der Waals surface area contributed by atoms with Gasteiger partial charge in [0.1, 0.15) is 6.04 Å². The van der Waals surface area contributed by atoms with Crippen molar-refractivity contribution in [3.05, 3.63) is 24.4 Å². The van der Waals surface area contributed by atoms with Crippen molar-refractivity contribution < 1.29 is 18.0 Å². The van der Waals surface area contributed by atoms with E-state index in [4.69, 9.17) is 0 Å². The highest BCUT2D eigenvalue weighted by molar-refractivity contribution is 7.89. The molecule has 1 N–H and O–H groups in total. The minimum absolute atomic E-state index is 0.0782. The zero-order chi connectivity index (χ0) is 20.0. The van der Waals surface area contributed by atoms with Crippen LogP contribution in [0, 0.1) is 5.92 Å². The fraction of sp³-hybridized carbons (Fsp3) is 0.650. The number of sulfonamides is 1. The first-order valence-corrected chi connectivity index (χ1v) is 11.7. The van der Waals surface area contributed by atoms with E-state index in [0.29, 0.717) is 31.7 Å². The third-order valence-corrected chi connectivity index (χ3v) is 7.43. The average molecular weight is 408 g/mol. The number of ketones is 1. The van der Waals surface area contributed by atoms with Crippen LogP contribution < -0.4 is 5.32 Å². The van der Waals surface area contributed by atoms with Gasteiger partial charge in [-0.3, -0.25) is 9.59 Å². The van der Waals surface area contributed by atoms with Gasteiger partial charge >= 0.3 is 0 Å². The number of aromatic nitrogens is 1. The summed E-state index contributed by atoms with van der Waals surface area (Å²) >= 11 is 0. The van der Waals surface area contributed by atoms with Gasteiger partial charge in [0.2, 0.25) is 5.91 Å². The highest BCUT2D eigenvalue weighted by atomic mass is 32.2.